The van der Waals surface area contributed by atoms with Crippen LogP contribution in [0.25, 0.3) is 0 Å². The van der Waals surface area contributed by atoms with Gasteiger partial charge in [-0.05, 0) is 36.4 Å². The first kappa shape index (κ1) is 16.2. The lowest BCUT2D eigenvalue weighted by atomic mass is 10.2. The molecule has 0 amide bonds. The topological polar surface area (TPSA) is 58.2 Å². The van der Waals surface area contributed by atoms with Gasteiger partial charge in [-0.1, -0.05) is 46.3 Å². The summed E-state index contributed by atoms with van der Waals surface area (Å²) in [6, 6.07) is 14.5. The molecule has 0 atom stereocenters. The Kier molecular flexibility index (Phi) is 5.52. The van der Waals surface area contributed by atoms with Gasteiger partial charge < -0.3 is 5.32 Å². The van der Waals surface area contributed by atoms with Crippen LogP contribution in [0.5, 0.6) is 0 Å². The third-order valence-corrected chi connectivity index (χ3v) is 4.98. The third kappa shape index (κ3) is 4.38. The van der Waals surface area contributed by atoms with E-state index in [1.807, 2.05) is 36.4 Å². The quantitative estimate of drug-likeness (QED) is 0.823. The summed E-state index contributed by atoms with van der Waals surface area (Å²) in [5.74, 6) is 0. The van der Waals surface area contributed by atoms with Gasteiger partial charge in [0.25, 0.3) is 0 Å². The fraction of sp³-hybridized carbons (Fsp3) is 0.200. The van der Waals surface area contributed by atoms with Crippen molar-refractivity contribution in [1.29, 1.82) is 0 Å². The zero-order valence-electron chi connectivity index (χ0n) is 11.6. The summed E-state index contributed by atoms with van der Waals surface area (Å²) in [7, 11) is -1.74. The second-order valence-corrected chi connectivity index (χ2v) is 7.24. The number of hydrogen-bond acceptors (Lipinski definition) is 3. The maximum atomic E-state index is 12.4. The highest BCUT2D eigenvalue weighted by atomic mass is 79.9. The Morgan fingerprint density at radius 3 is 2.52 bits per heavy atom. The molecule has 2 rings (SSSR count). The van der Waals surface area contributed by atoms with Gasteiger partial charge in [0.1, 0.15) is 0 Å². The molecule has 4 nitrogen and oxygen atoms in total. The lowest BCUT2D eigenvalue weighted by Crippen LogP contribution is -2.25. The van der Waals surface area contributed by atoms with Crippen LogP contribution in [-0.4, -0.2) is 15.5 Å². The van der Waals surface area contributed by atoms with Crippen LogP contribution in [0.3, 0.4) is 0 Å². The highest BCUT2D eigenvalue weighted by Gasteiger charge is 2.17. The third-order valence-electron chi connectivity index (χ3n) is 2.98. The molecule has 0 heterocycles. The summed E-state index contributed by atoms with van der Waals surface area (Å²) in [5, 5.41) is 2.98. The first-order chi connectivity index (χ1) is 10.0. The van der Waals surface area contributed by atoms with Crippen LogP contribution in [0.15, 0.2) is 57.9 Å². The number of benzene rings is 2. The van der Waals surface area contributed by atoms with Crippen molar-refractivity contribution in [2.45, 2.75) is 18.0 Å². The van der Waals surface area contributed by atoms with Crippen molar-refractivity contribution in [1.82, 2.24) is 10.0 Å². The molecule has 0 saturated carbocycles. The minimum atomic E-state index is -3.53. The summed E-state index contributed by atoms with van der Waals surface area (Å²) in [6.45, 7) is 0.767. The van der Waals surface area contributed by atoms with Crippen molar-refractivity contribution in [3.8, 4) is 0 Å². The van der Waals surface area contributed by atoms with E-state index in [-0.39, 0.29) is 6.54 Å². The van der Waals surface area contributed by atoms with E-state index in [1.54, 1.807) is 19.2 Å². The molecule has 2 aromatic carbocycles. The van der Waals surface area contributed by atoms with Crippen LogP contribution in [0.2, 0.25) is 0 Å². The number of sulfonamides is 1. The maximum Gasteiger partial charge on any atom is 0.241 e. The molecule has 2 N–H and O–H groups in total. The highest BCUT2D eigenvalue weighted by molar-refractivity contribution is 9.10. The summed E-state index contributed by atoms with van der Waals surface area (Å²) in [5.41, 5.74) is 1.65. The number of halogens is 1. The molecule has 112 valence electrons. The molecule has 0 bridgehead atoms. The van der Waals surface area contributed by atoms with Gasteiger partial charge in [-0.3, -0.25) is 0 Å². The van der Waals surface area contributed by atoms with E-state index in [0.717, 1.165) is 15.6 Å². The summed E-state index contributed by atoms with van der Waals surface area (Å²) >= 11 is 3.37. The Labute approximate surface area is 133 Å². The molecule has 2 aromatic rings. The van der Waals surface area contributed by atoms with Gasteiger partial charge >= 0.3 is 0 Å². The molecular weight excluding hydrogens is 352 g/mol. The Balaban J connectivity index is 2.19. The highest BCUT2D eigenvalue weighted by Crippen LogP contribution is 2.16. The Morgan fingerprint density at radius 2 is 1.81 bits per heavy atom. The lowest BCUT2D eigenvalue weighted by molar-refractivity contribution is 0.579. The molecule has 0 aliphatic rings. The number of nitrogens with one attached hydrogen (secondary N) is 2. The van der Waals surface area contributed by atoms with Crippen LogP contribution in [0.4, 0.5) is 0 Å². The van der Waals surface area contributed by atoms with Gasteiger partial charge in [-0.2, -0.15) is 0 Å². The Morgan fingerprint density at radius 1 is 1.05 bits per heavy atom. The van der Waals surface area contributed by atoms with Crippen molar-refractivity contribution in [3.05, 3.63) is 64.1 Å². The normalized spacial score (nSPS) is 11.5. The average molecular weight is 369 g/mol. The van der Waals surface area contributed by atoms with Crippen LogP contribution in [-0.2, 0) is 23.1 Å². The van der Waals surface area contributed by atoms with Crippen LogP contribution in [0, 0.1) is 0 Å². The number of rotatable bonds is 6. The van der Waals surface area contributed by atoms with Crippen molar-refractivity contribution >= 4 is 26.0 Å². The first-order valence-corrected chi connectivity index (χ1v) is 8.77. The van der Waals surface area contributed by atoms with Crippen LogP contribution >= 0.6 is 15.9 Å². The van der Waals surface area contributed by atoms with Crippen molar-refractivity contribution in [3.63, 3.8) is 0 Å². The van der Waals surface area contributed by atoms with E-state index in [1.165, 1.54) is 0 Å². The fourth-order valence-corrected chi connectivity index (χ4v) is 3.71. The molecular formula is C15H17BrN2O2S. The smallest absolute Gasteiger partial charge is 0.241 e. The molecule has 0 aliphatic heterocycles. The van der Waals surface area contributed by atoms with Gasteiger partial charge in [0.15, 0.2) is 0 Å². The molecule has 0 aromatic heterocycles. The summed E-state index contributed by atoms with van der Waals surface area (Å²) < 4.78 is 28.4. The van der Waals surface area contributed by atoms with E-state index in [0.29, 0.717) is 11.4 Å². The molecule has 0 radical (unpaired) electrons. The summed E-state index contributed by atoms with van der Waals surface area (Å²) in [6.07, 6.45) is 0. The van der Waals surface area contributed by atoms with Crippen LogP contribution in [0.1, 0.15) is 11.1 Å². The second kappa shape index (κ2) is 7.17. The molecule has 0 aliphatic carbocycles. The lowest BCUT2D eigenvalue weighted by Gasteiger charge is -2.11. The van der Waals surface area contributed by atoms with Gasteiger partial charge in [0.2, 0.25) is 10.0 Å². The van der Waals surface area contributed by atoms with Gasteiger partial charge in [-0.25, -0.2) is 13.1 Å². The molecule has 0 saturated heterocycles. The van der Waals surface area contributed by atoms with Crippen LogP contribution < -0.4 is 10.0 Å². The van der Waals surface area contributed by atoms with E-state index >= 15 is 0 Å². The first-order valence-electron chi connectivity index (χ1n) is 6.49. The fourth-order valence-electron chi connectivity index (χ4n) is 2.01. The standard InChI is InChI=1S/C15H17BrN2O2S/c1-17-11-13-6-2-3-8-15(13)21(19,20)18-10-12-5-4-7-14(16)9-12/h2-9,17-18H,10-11H2,1H3. The molecule has 0 fully saturated rings. The average Bonchev–Trinajstić information content (AvgIpc) is 2.46. The van der Waals surface area contributed by atoms with E-state index in [2.05, 4.69) is 26.0 Å². The molecule has 0 spiro atoms. The molecule has 6 heteroatoms. The monoisotopic (exact) mass is 368 g/mol. The van der Waals surface area contributed by atoms with Gasteiger partial charge in [-0.15, -0.1) is 0 Å². The number of hydrogen-bond donors (Lipinski definition) is 2. The zero-order chi connectivity index (χ0) is 15.3. The predicted molar refractivity (Wildman–Crippen MR) is 87.4 cm³/mol. The zero-order valence-corrected chi connectivity index (χ0v) is 14.0. The van der Waals surface area contributed by atoms with Gasteiger partial charge in [0, 0.05) is 17.6 Å². The minimum absolute atomic E-state index is 0.260. The molecule has 21 heavy (non-hydrogen) atoms. The largest absolute Gasteiger partial charge is 0.316 e. The Hall–Kier alpha value is -1.21. The SMILES string of the molecule is CNCc1ccccc1S(=O)(=O)NCc1cccc(Br)c1. The van der Waals surface area contributed by atoms with Crippen molar-refractivity contribution in [2.75, 3.05) is 7.05 Å². The molecule has 0 unspecified atom stereocenters. The maximum absolute atomic E-state index is 12.4. The van der Waals surface area contributed by atoms with E-state index in [4.69, 9.17) is 0 Å². The van der Waals surface area contributed by atoms with E-state index in [9.17, 15) is 8.42 Å². The minimum Gasteiger partial charge on any atom is -0.316 e. The summed E-state index contributed by atoms with van der Waals surface area (Å²) in [4.78, 5) is 0.314. The Bertz CT molecular complexity index is 717. The van der Waals surface area contributed by atoms with Gasteiger partial charge in [0.05, 0.1) is 4.90 Å². The second-order valence-electron chi connectivity index (χ2n) is 4.59. The predicted octanol–water partition coefficient (Wildman–Crippen LogP) is 2.65. The van der Waals surface area contributed by atoms with Crippen molar-refractivity contribution < 1.29 is 8.42 Å². The van der Waals surface area contributed by atoms with E-state index < -0.39 is 10.0 Å². The van der Waals surface area contributed by atoms with Crippen molar-refractivity contribution in [2.24, 2.45) is 0 Å².